The molecule has 0 N–H and O–H groups in total. The van der Waals surface area contributed by atoms with Gasteiger partial charge < -0.3 is 18.6 Å². The Bertz CT molecular complexity index is 906. The molecule has 7 heteroatoms. The summed E-state index contributed by atoms with van der Waals surface area (Å²) in [6.45, 7) is 7.28. The van der Waals surface area contributed by atoms with Gasteiger partial charge in [0.1, 0.15) is 11.9 Å². The number of rotatable bonds is 3. The highest BCUT2D eigenvalue weighted by Gasteiger charge is 2.28. The summed E-state index contributed by atoms with van der Waals surface area (Å²) in [5, 5.41) is 4.08. The quantitative estimate of drug-likeness (QED) is 0.716. The molecule has 0 amide bonds. The molecule has 1 aliphatic heterocycles. The molecule has 4 rings (SSSR count). The van der Waals surface area contributed by atoms with Crippen LogP contribution in [0, 0.1) is 0 Å². The number of hydrogen-bond acceptors (Lipinski definition) is 6. The van der Waals surface area contributed by atoms with Crippen LogP contribution < -0.4 is 4.74 Å². The van der Waals surface area contributed by atoms with Crippen LogP contribution in [0.15, 0.2) is 35.1 Å². The first kappa shape index (κ1) is 16.8. The van der Waals surface area contributed by atoms with Gasteiger partial charge in [0.25, 0.3) is 5.89 Å². The average molecular weight is 354 g/mol. The molecule has 3 heterocycles. The van der Waals surface area contributed by atoms with Crippen molar-refractivity contribution in [2.75, 3.05) is 7.11 Å². The normalized spacial score (nSPS) is 17.2. The first-order valence-corrected chi connectivity index (χ1v) is 8.60. The summed E-state index contributed by atoms with van der Waals surface area (Å²) in [5.74, 6) is 1.94. The summed E-state index contributed by atoms with van der Waals surface area (Å²) in [6.07, 6.45) is 1.79. The van der Waals surface area contributed by atoms with E-state index in [4.69, 9.17) is 14.0 Å². The van der Waals surface area contributed by atoms with Crippen molar-refractivity contribution in [1.29, 1.82) is 0 Å². The summed E-state index contributed by atoms with van der Waals surface area (Å²) in [6, 6.07) is 7.94. The number of methoxy groups -OCH3 is 1. The van der Waals surface area contributed by atoms with Crippen molar-refractivity contribution in [2.45, 2.75) is 45.4 Å². The predicted octanol–water partition coefficient (Wildman–Crippen LogP) is 3.51. The highest BCUT2D eigenvalue weighted by atomic mass is 16.5. The topological polar surface area (TPSA) is 75.2 Å². The molecule has 136 valence electrons. The lowest BCUT2D eigenvalue weighted by Crippen LogP contribution is -2.20. The zero-order chi connectivity index (χ0) is 18.3. The minimum Gasteiger partial charge on any atom is -0.497 e. The maximum Gasteiger partial charge on any atom is 0.278 e. The van der Waals surface area contributed by atoms with Crippen molar-refractivity contribution >= 4 is 0 Å². The maximum absolute atomic E-state index is 6.07. The lowest BCUT2D eigenvalue weighted by atomic mass is 9.96. The smallest absolute Gasteiger partial charge is 0.278 e. The molecule has 2 aromatic heterocycles. The van der Waals surface area contributed by atoms with Crippen LogP contribution in [-0.4, -0.2) is 26.8 Å². The standard InChI is InChI=1S/C19H22N4O3/c1-19(2,3)18-21-17(26-22-18)16-14-10-25-15(9-23(14)11-20-16)12-5-7-13(24-4)8-6-12/h5-8,11,15H,9-10H2,1-4H3/t15-/m1/s1. The number of benzene rings is 1. The third kappa shape index (κ3) is 2.99. The largest absolute Gasteiger partial charge is 0.497 e. The Morgan fingerprint density at radius 2 is 1.96 bits per heavy atom. The summed E-state index contributed by atoms with van der Waals surface area (Å²) >= 11 is 0. The van der Waals surface area contributed by atoms with Crippen molar-refractivity contribution in [3.8, 4) is 17.3 Å². The van der Waals surface area contributed by atoms with Crippen LogP contribution >= 0.6 is 0 Å². The summed E-state index contributed by atoms with van der Waals surface area (Å²) < 4.78 is 18.8. The van der Waals surface area contributed by atoms with Crippen LogP contribution in [-0.2, 0) is 23.3 Å². The monoisotopic (exact) mass is 354 g/mol. The Labute approximate surface area is 152 Å². The van der Waals surface area contributed by atoms with E-state index in [9.17, 15) is 0 Å². The minimum absolute atomic E-state index is 0.0247. The molecule has 26 heavy (non-hydrogen) atoms. The van der Waals surface area contributed by atoms with E-state index < -0.39 is 0 Å². The van der Waals surface area contributed by atoms with Gasteiger partial charge in [0, 0.05) is 5.41 Å². The zero-order valence-electron chi connectivity index (χ0n) is 15.4. The second-order valence-corrected chi connectivity index (χ2v) is 7.44. The van der Waals surface area contributed by atoms with E-state index >= 15 is 0 Å². The first-order valence-electron chi connectivity index (χ1n) is 8.60. The molecule has 0 spiro atoms. The lowest BCUT2D eigenvalue weighted by Gasteiger charge is -2.25. The summed E-state index contributed by atoms with van der Waals surface area (Å²) in [4.78, 5) is 8.99. The number of imidazole rings is 1. The molecular formula is C19H22N4O3. The molecule has 0 saturated heterocycles. The molecule has 1 aromatic carbocycles. The van der Waals surface area contributed by atoms with Gasteiger partial charge in [-0.25, -0.2) is 4.98 Å². The van der Waals surface area contributed by atoms with E-state index in [0.29, 0.717) is 30.6 Å². The Morgan fingerprint density at radius 3 is 2.62 bits per heavy atom. The molecule has 0 fully saturated rings. The van der Waals surface area contributed by atoms with Crippen molar-refractivity contribution in [2.24, 2.45) is 0 Å². The van der Waals surface area contributed by atoms with Crippen molar-refractivity contribution in [3.05, 3.63) is 47.7 Å². The van der Waals surface area contributed by atoms with E-state index in [0.717, 1.165) is 17.0 Å². The average Bonchev–Trinajstić information content (AvgIpc) is 3.27. The van der Waals surface area contributed by atoms with Gasteiger partial charge in [-0.2, -0.15) is 4.98 Å². The summed E-state index contributed by atoms with van der Waals surface area (Å²) in [5.41, 5.74) is 2.59. The van der Waals surface area contributed by atoms with E-state index in [-0.39, 0.29) is 11.5 Å². The molecule has 0 bridgehead atoms. The number of nitrogens with zero attached hydrogens (tertiary/aromatic N) is 4. The zero-order valence-corrected chi connectivity index (χ0v) is 15.4. The number of aromatic nitrogens is 4. The molecule has 1 aliphatic rings. The van der Waals surface area contributed by atoms with Gasteiger partial charge >= 0.3 is 0 Å². The van der Waals surface area contributed by atoms with Crippen LogP contribution in [0.1, 0.15) is 44.0 Å². The fourth-order valence-corrected chi connectivity index (χ4v) is 2.95. The molecule has 0 aliphatic carbocycles. The van der Waals surface area contributed by atoms with Gasteiger partial charge in [-0.05, 0) is 17.7 Å². The Morgan fingerprint density at radius 1 is 1.19 bits per heavy atom. The summed E-state index contributed by atoms with van der Waals surface area (Å²) in [7, 11) is 1.66. The Kier molecular flexibility index (Phi) is 4.03. The van der Waals surface area contributed by atoms with E-state index in [1.807, 2.05) is 51.4 Å². The third-order valence-corrected chi connectivity index (χ3v) is 4.52. The Hall–Kier alpha value is -2.67. The molecule has 1 atom stereocenters. The van der Waals surface area contributed by atoms with Gasteiger partial charge in [0.2, 0.25) is 0 Å². The first-order chi connectivity index (χ1) is 12.5. The number of ether oxygens (including phenoxy) is 2. The number of hydrogen-bond donors (Lipinski definition) is 0. The molecule has 0 saturated carbocycles. The van der Waals surface area contributed by atoms with Gasteiger partial charge in [-0.1, -0.05) is 38.1 Å². The highest BCUT2D eigenvalue weighted by Crippen LogP contribution is 2.32. The van der Waals surface area contributed by atoms with Crippen LogP contribution in [0.25, 0.3) is 11.6 Å². The van der Waals surface area contributed by atoms with Gasteiger partial charge in [-0.3, -0.25) is 0 Å². The molecule has 3 aromatic rings. The number of fused-ring (bicyclic) bond motifs is 1. The van der Waals surface area contributed by atoms with Crippen molar-refractivity contribution < 1.29 is 14.0 Å². The van der Waals surface area contributed by atoms with Crippen molar-refractivity contribution in [3.63, 3.8) is 0 Å². The van der Waals surface area contributed by atoms with Gasteiger partial charge in [-0.15, -0.1) is 0 Å². The molecule has 0 radical (unpaired) electrons. The lowest BCUT2D eigenvalue weighted by molar-refractivity contribution is 0.00328. The van der Waals surface area contributed by atoms with Crippen LogP contribution in [0.2, 0.25) is 0 Å². The Balaban J connectivity index is 1.57. The van der Waals surface area contributed by atoms with Crippen molar-refractivity contribution in [1.82, 2.24) is 19.7 Å². The van der Waals surface area contributed by atoms with E-state index in [2.05, 4.69) is 19.7 Å². The molecule has 0 unspecified atom stereocenters. The van der Waals surface area contributed by atoms with Crippen LogP contribution in [0.3, 0.4) is 0 Å². The third-order valence-electron chi connectivity index (χ3n) is 4.52. The maximum atomic E-state index is 6.07. The fourth-order valence-electron chi connectivity index (χ4n) is 2.95. The molecular weight excluding hydrogens is 332 g/mol. The second kappa shape index (κ2) is 6.25. The van der Waals surface area contributed by atoms with Crippen LogP contribution in [0.4, 0.5) is 0 Å². The second-order valence-electron chi connectivity index (χ2n) is 7.44. The minimum atomic E-state index is -0.169. The SMILES string of the molecule is COc1ccc([C@H]2Cn3cnc(-c4nc(C(C)(C)C)no4)c3CO2)cc1. The molecule has 7 nitrogen and oxygen atoms in total. The van der Waals surface area contributed by atoms with Gasteiger partial charge in [0.15, 0.2) is 11.5 Å². The predicted molar refractivity (Wildman–Crippen MR) is 94.7 cm³/mol. The van der Waals surface area contributed by atoms with Gasteiger partial charge in [0.05, 0.1) is 32.3 Å². The van der Waals surface area contributed by atoms with E-state index in [1.165, 1.54) is 0 Å². The van der Waals surface area contributed by atoms with E-state index in [1.54, 1.807) is 7.11 Å². The van der Waals surface area contributed by atoms with Crippen LogP contribution in [0.5, 0.6) is 5.75 Å². The fraction of sp³-hybridized carbons (Fsp3) is 0.421. The highest BCUT2D eigenvalue weighted by molar-refractivity contribution is 5.51.